The summed E-state index contributed by atoms with van der Waals surface area (Å²) in [5.74, 6) is 3.23. The molecule has 60 heavy (non-hydrogen) atoms. The number of carbonyl (C=O) groups is 2. The topological polar surface area (TPSA) is 127 Å². The molecule has 316 valence electrons. The first-order valence-electron chi connectivity index (χ1n) is 21.9. The summed E-state index contributed by atoms with van der Waals surface area (Å²) in [4.78, 5) is 42.7. The number of piperidine rings is 6. The van der Waals surface area contributed by atoms with Crippen molar-refractivity contribution in [3.63, 3.8) is 0 Å². The lowest BCUT2D eigenvalue weighted by atomic mass is 9.73. The third-order valence-corrected chi connectivity index (χ3v) is 14.4. The Morgan fingerprint density at radius 3 is 1.52 bits per heavy atom. The molecule has 2 aromatic heterocycles. The Balaban J connectivity index is 0.953. The van der Waals surface area contributed by atoms with E-state index < -0.39 is 24.4 Å². The number of benzene rings is 2. The van der Waals surface area contributed by atoms with Crippen molar-refractivity contribution in [1.82, 2.24) is 30.4 Å². The Morgan fingerprint density at radius 1 is 0.683 bits per heavy atom. The maximum atomic E-state index is 14.2. The molecule has 4 aromatic rings. The summed E-state index contributed by atoms with van der Waals surface area (Å²) in [7, 11) is 3.30. The number of ether oxygens (including phenoxy) is 4. The summed E-state index contributed by atoms with van der Waals surface area (Å²) in [5.41, 5.74) is 3.44. The predicted octanol–water partition coefficient (Wildman–Crippen LogP) is 8.14. The second-order valence-corrected chi connectivity index (χ2v) is 17.5. The van der Waals surface area contributed by atoms with Crippen LogP contribution in [0.5, 0.6) is 11.5 Å². The number of aromatic nitrogens is 2. The number of amides is 2. The molecule has 12 nitrogen and oxygen atoms in total. The van der Waals surface area contributed by atoms with Gasteiger partial charge in [-0.05, 0) is 124 Å². The molecular formula is C48H58N6O6. The molecule has 2 N–H and O–H groups in total. The molecule has 1 saturated carbocycles. The predicted molar refractivity (Wildman–Crippen MR) is 231 cm³/mol. The quantitative estimate of drug-likeness (QED) is 0.135. The van der Waals surface area contributed by atoms with E-state index in [0.29, 0.717) is 48.0 Å². The maximum absolute atomic E-state index is 14.2. The van der Waals surface area contributed by atoms with Gasteiger partial charge in [0.25, 0.3) is 0 Å². The third kappa shape index (κ3) is 7.91. The number of carbonyl (C=O) groups excluding carboxylic acids is 2. The minimum Gasteiger partial charge on any atom is -0.497 e. The zero-order valence-corrected chi connectivity index (χ0v) is 34.8. The van der Waals surface area contributed by atoms with Crippen LogP contribution < -0.4 is 20.1 Å². The van der Waals surface area contributed by atoms with Crippen LogP contribution >= 0.6 is 0 Å². The Labute approximate surface area is 352 Å². The number of alkyl carbamates (subject to hydrolysis) is 2. The van der Waals surface area contributed by atoms with Crippen LogP contribution in [0.25, 0.3) is 21.8 Å². The Hall–Kier alpha value is -5.20. The van der Waals surface area contributed by atoms with Gasteiger partial charge in [0.05, 0.1) is 49.4 Å². The van der Waals surface area contributed by atoms with Crippen LogP contribution in [0.3, 0.4) is 0 Å². The zero-order valence-electron chi connectivity index (χ0n) is 34.8. The molecule has 1 aliphatic carbocycles. The van der Waals surface area contributed by atoms with E-state index in [4.69, 9.17) is 18.9 Å². The number of nitrogens with one attached hydrogen (secondary N) is 2. The number of fused-ring (bicyclic) bond motifs is 8. The van der Waals surface area contributed by atoms with E-state index in [2.05, 4.69) is 55.7 Å². The summed E-state index contributed by atoms with van der Waals surface area (Å²) < 4.78 is 24.4. The lowest BCUT2D eigenvalue weighted by Crippen LogP contribution is -2.57. The minimum absolute atomic E-state index is 0.00789. The van der Waals surface area contributed by atoms with Gasteiger partial charge in [-0.3, -0.25) is 19.8 Å². The van der Waals surface area contributed by atoms with E-state index >= 15 is 0 Å². The fraction of sp³-hybridized carbons (Fsp3) is 0.500. The van der Waals surface area contributed by atoms with Gasteiger partial charge in [0.1, 0.15) is 23.7 Å². The average Bonchev–Trinajstić information content (AvgIpc) is 3.30. The van der Waals surface area contributed by atoms with Crippen molar-refractivity contribution in [3.8, 4) is 11.5 Å². The number of rotatable bonds is 12. The van der Waals surface area contributed by atoms with E-state index in [1.165, 1.54) is 0 Å². The van der Waals surface area contributed by atoms with Crippen molar-refractivity contribution >= 4 is 34.0 Å². The Bertz CT molecular complexity index is 2080. The standard InChI is InChI=1S/C48H58N6O6/c1-5-29-27-53-21-17-31(29)23-43(53)45(35-15-19-49-39-13-11-33(57-3)25-37(35)39)59-47(55)51-41-9-7-8-10-42(41)52-48(56)60-46(44-24-32-18-22-54(44)28-30(32)6-2)36-16-20-50-40-14-12-34(58-4)26-38(36)40/h5-6,11-16,19-20,25-26,29-32,41-46H,1-2,7-10,17-18,21-24,27-28H2,3-4H3,(H,51,55)(H,52,56)/t29-,30-,31-,32-,41-,42-,43+,44+,45-,46-/m0/s1. The van der Waals surface area contributed by atoms with Gasteiger partial charge in [-0.15, -0.1) is 13.2 Å². The maximum Gasteiger partial charge on any atom is 0.408 e. The number of hydrogen-bond donors (Lipinski definition) is 2. The highest BCUT2D eigenvalue weighted by Crippen LogP contribution is 2.45. The van der Waals surface area contributed by atoms with Gasteiger partial charge in [0.15, 0.2) is 0 Å². The largest absolute Gasteiger partial charge is 0.497 e. The van der Waals surface area contributed by atoms with Gasteiger partial charge >= 0.3 is 12.2 Å². The molecule has 2 unspecified atom stereocenters. The summed E-state index contributed by atoms with van der Waals surface area (Å²) in [5, 5.41) is 8.24. The number of pyridine rings is 2. The van der Waals surface area contributed by atoms with Crippen molar-refractivity contribution in [2.75, 3.05) is 40.4 Å². The van der Waals surface area contributed by atoms with Crippen molar-refractivity contribution in [2.24, 2.45) is 23.7 Å². The van der Waals surface area contributed by atoms with E-state index in [1.807, 2.05) is 48.5 Å². The van der Waals surface area contributed by atoms with E-state index in [1.54, 1.807) is 26.6 Å². The summed E-state index contributed by atoms with van der Waals surface area (Å²) in [6.45, 7) is 11.9. The molecule has 11 rings (SSSR count). The van der Waals surface area contributed by atoms with Gasteiger partial charge in [-0.2, -0.15) is 0 Å². The molecule has 0 spiro atoms. The highest BCUT2D eigenvalue weighted by molar-refractivity contribution is 5.85. The van der Waals surface area contributed by atoms with Gasteiger partial charge in [0, 0.05) is 47.4 Å². The molecule has 6 saturated heterocycles. The number of nitrogens with zero attached hydrogens (tertiary/aromatic N) is 4. The molecular weight excluding hydrogens is 757 g/mol. The molecule has 7 fully saturated rings. The van der Waals surface area contributed by atoms with E-state index in [-0.39, 0.29) is 24.2 Å². The second-order valence-electron chi connectivity index (χ2n) is 17.5. The fourth-order valence-corrected chi connectivity index (χ4v) is 11.2. The van der Waals surface area contributed by atoms with Crippen molar-refractivity contribution in [3.05, 3.63) is 97.4 Å². The SMILES string of the molecule is C=C[C@H]1CN2CC[C@H]1C[C@@H]2[C@@H](OC(=O)N[C@H]1CCCC[C@@H]1NC(=O)O[C@@H](c1ccnc2ccc(OC)cc12)[C@H]1C[C@@H]2CCN1C[C@@H]2C=C)c1ccnc2ccc(OC)cc12. The van der Waals surface area contributed by atoms with Crippen molar-refractivity contribution < 1.29 is 28.5 Å². The lowest BCUT2D eigenvalue weighted by molar-refractivity contribution is -0.0518. The first-order valence-corrected chi connectivity index (χ1v) is 21.9. The van der Waals surface area contributed by atoms with Crippen LogP contribution in [-0.2, 0) is 9.47 Å². The molecule has 8 heterocycles. The van der Waals surface area contributed by atoms with Crippen molar-refractivity contribution in [1.29, 1.82) is 0 Å². The van der Waals surface area contributed by atoms with Gasteiger partial charge < -0.3 is 29.6 Å². The summed E-state index contributed by atoms with van der Waals surface area (Å²) in [6.07, 6.45) is 12.9. The number of hydrogen-bond acceptors (Lipinski definition) is 10. The first-order chi connectivity index (χ1) is 29.3. The number of methoxy groups -OCH3 is 2. The highest BCUT2D eigenvalue weighted by Gasteiger charge is 2.46. The average molecular weight is 815 g/mol. The second kappa shape index (κ2) is 17.4. The Morgan fingerprint density at radius 2 is 1.13 bits per heavy atom. The van der Waals surface area contributed by atoms with Crippen LogP contribution in [0.15, 0.2) is 86.2 Å². The van der Waals surface area contributed by atoms with Gasteiger partial charge in [0.2, 0.25) is 0 Å². The molecule has 6 aliphatic heterocycles. The molecule has 4 bridgehead atoms. The normalized spacial score (nSPS) is 30.5. The van der Waals surface area contributed by atoms with Crippen LogP contribution in [0, 0.1) is 23.7 Å². The molecule has 7 aliphatic rings. The van der Waals surface area contributed by atoms with E-state index in [9.17, 15) is 9.59 Å². The highest BCUT2D eigenvalue weighted by atomic mass is 16.6. The minimum atomic E-state index is -0.549. The molecule has 12 heteroatoms. The van der Waals surface area contributed by atoms with Crippen LogP contribution in [0.1, 0.15) is 74.7 Å². The van der Waals surface area contributed by atoms with Gasteiger partial charge in [-0.25, -0.2) is 9.59 Å². The van der Waals surface area contributed by atoms with E-state index in [0.717, 1.165) is 97.6 Å². The zero-order chi connectivity index (χ0) is 41.3. The van der Waals surface area contributed by atoms with Gasteiger partial charge in [-0.1, -0.05) is 25.0 Å². The van der Waals surface area contributed by atoms with Crippen LogP contribution in [0.4, 0.5) is 9.59 Å². The molecule has 2 amide bonds. The Kier molecular flexibility index (Phi) is 11.7. The lowest BCUT2D eigenvalue weighted by Gasteiger charge is -2.51. The summed E-state index contributed by atoms with van der Waals surface area (Å²) in [6, 6.07) is 14.9. The molecule has 0 radical (unpaired) electrons. The first kappa shape index (κ1) is 40.2. The monoisotopic (exact) mass is 814 g/mol. The smallest absolute Gasteiger partial charge is 0.408 e. The molecule has 12 atom stereocenters. The van der Waals surface area contributed by atoms with Crippen LogP contribution in [-0.4, -0.2) is 96.5 Å². The van der Waals surface area contributed by atoms with Crippen molar-refractivity contribution in [2.45, 2.75) is 87.7 Å². The van der Waals surface area contributed by atoms with Crippen LogP contribution in [0.2, 0.25) is 0 Å². The summed E-state index contributed by atoms with van der Waals surface area (Å²) >= 11 is 0. The third-order valence-electron chi connectivity index (χ3n) is 14.4. The fourth-order valence-electron chi connectivity index (χ4n) is 11.2. The molecule has 2 aromatic carbocycles.